The summed E-state index contributed by atoms with van der Waals surface area (Å²) in [5, 5.41) is 0. The number of hydrogen-bond acceptors (Lipinski definition) is 2. The summed E-state index contributed by atoms with van der Waals surface area (Å²) in [4.78, 5) is 3.36. The van der Waals surface area contributed by atoms with E-state index in [0.29, 0.717) is 22.7 Å². The van der Waals surface area contributed by atoms with E-state index in [9.17, 15) is 0 Å². The summed E-state index contributed by atoms with van der Waals surface area (Å²) >= 11 is 0. The average Bonchev–Trinajstić information content (AvgIpc) is 3.44. The van der Waals surface area contributed by atoms with Gasteiger partial charge in [-0.15, -0.1) is 0 Å². The van der Waals surface area contributed by atoms with Gasteiger partial charge in [0.2, 0.25) is 0 Å². The fraction of sp³-hybridized carbons (Fsp3) is 0. The van der Waals surface area contributed by atoms with E-state index in [4.69, 9.17) is 13.7 Å². The molecule has 10 aromatic carbocycles. The molecule has 0 aromatic heterocycles. The van der Waals surface area contributed by atoms with E-state index in [0.717, 1.165) is 55.6 Å². The molecule has 0 aliphatic rings. The van der Waals surface area contributed by atoms with Crippen molar-refractivity contribution < 1.29 is 13.7 Å². The standard InChI is InChI=1S/C60H44N2/c1-5-13-45(14-6-1)47-21-25-49(26-22-47)51-29-37-57(38-30-51)61(55-17-9-3-10-18-55)59-41-33-53(34-42-59)54-35-43-60(44-36-54)62(56-19-11-4-12-20-56)58-39-31-52(32-40-58)50-27-23-48(24-28-50)46-15-7-2-8-16-46/h1-44H/i3D,4D,9D,10D,11D,12D,17D,18D,19D,20D. The summed E-state index contributed by atoms with van der Waals surface area (Å²) in [6.07, 6.45) is 0. The summed E-state index contributed by atoms with van der Waals surface area (Å²) in [5.74, 6) is 0. The molecule has 0 bridgehead atoms. The molecule has 0 N–H and O–H groups in total. The SMILES string of the molecule is [2H]c1c([2H])c([2H])c(N(c2ccc(-c3ccc(-c4ccccc4)cc3)cc2)c2ccc(-c3ccc(N(c4ccc(-c5ccc(-c6ccccc6)cc5)cc4)c4c([2H])c([2H])c([2H])c([2H])c4[2H])cc3)cc2)c([2H])c1[2H]. The van der Waals surface area contributed by atoms with Gasteiger partial charge in [0, 0.05) is 34.1 Å². The fourth-order valence-corrected chi connectivity index (χ4v) is 7.71. The molecule has 0 aliphatic carbocycles. The molecular weight excluding hydrogens is 749 g/mol. The number of anilines is 6. The van der Waals surface area contributed by atoms with Gasteiger partial charge < -0.3 is 9.80 Å². The lowest BCUT2D eigenvalue weighted by atomic mass is 10.00. The Labute approximate surface area is 379 Å². The molecule has 0 aliphatic heterocycles. The molecule has 0 saturated carbocycles. The van der Waals surface area contributed by atoms with Gasteiger partial charge in [0.15, 0.2) is 0 Å². The Morgan fingerprint density at radius 2 is 0.387 bits per heavy atom. The number of rotatable bonds is 11. The average molecular weight is 803 g/mol. The van der Waals surface area contributed by atoms with Gasteiger partial charge in [-0.2, -0.15) is 0 Å². The van der Waals surface area contributed by atoms with Crippen LogP contribution in [0.25, 0.3) is 55.6 Å². The number of benzene rings is 10. The predicted octanol–water partition coefficient (Wildman–Crippen LogP) is 17.0. The summed E-state index contributed by atoms with van der Waals surface area (Å²) in [7, 11) is 0. The van der Waals surface area contributed by atoms with Crippen LogP contribution in [0.5, 0.6) is 0 Å². The maximum atomic E-state index is 8.96. The van der Waals surface area contributed by atoms with E-state index in [1.807, 2.05) is 133 Å². The van der Waals surface area contributed by atoms with Gasteiger partial charge in [0.05, 0.1) is 13.7 Å². The third-order valence-electron chi connectivity index (χ3n) is 10.9. The molecule has 2 nitrogen and oxygen atoms in total. The second-order valence-electron chi connectivity index (χ2n) is 14.7. The van der Waals surface area contributed by atoms with Gasteiger partial charge in [-0.3, -0.25) is 0 Å². The smallest absolute Gasteiger partial charge is 0.0645 e. The van der Waals surface area contributed by atoms with E-state index in [-0.39, 0.29) is 35.5 Å². The first-order valence-electron chi connectivity index (χ1n) is 25.3. The van der Waals surface area contributed by atoms with E-state index < -0.39 is 36.3 Å². The summed E-state index contributed by atoms with van der Waals surface area (Å²) in [6.45, 7) is 0. The topological polar surface area (TPSA) is 6.48 Å². The van der Waals surface area contributed by atoms with Gasteiger partial charge >= 0.3 is 0 Å². The van der Waals surface area contributed by atoms with Crippen LogP contribution in [0.4, 0.5) is 34.1 Å². The molecule has 294 valence electrons. The maximum Gasteiger partial charge on any atom is 0.0645 e. The molecule has 0 fully saturated rings. The van der Waals surface area contributed by atoms with Crippen molar-refractivity contribution in [2.24, 2.45) is 0 Å². The first kappa shape index (κ1) is 28.3. The molecule has 2 heteroatoms. The van der Waals surface area contributed by atoms with Crippen LogP contribution in [-0.2, 0) is 0 Å². The Kier molecular flexibility index (Phi) is 8.02. The highest BCUT2D eigenvalue weighted by atomic mass is 15.1. The second-order valence-corrected chi connectivity index (χ2v) is 14.7. The Hall–Kier alpha value is -8.20. The lowest BCUT2D eigenvalue weighted by Crippen LogP contribution is -2.10. The molecule has 0 unspecified atom stereocenters. The third kappa shape index (κ3) is 8.18. The van der Waals surface area contributed by atoms with Crippen molar-refractivity contribution in [3.8, 4) is 55.6 Å². The summed E-state index contributed by atoms with van der Waals surface area (Å²) in [6, 6.07) is 63.1. The Balaban J connectivity index is 0.978. The Bertz CT molecular complexity index is 3270. The molecule has 62 heavy (non-hydrogen) atoms. The zero-order chi connectivity index (χ0) is 50.2. The first-order valence-corrected chi connectivity index (χ1v) is 20.3. The zero-order valence-electron chi connectivity index (χ0n) is 43.5. The lowest BCUT2D eigenvalue weighted by Gasteiger charge is -2.26. The minimum atomic E-state index is -0.478. The van der Waals surface area contributed by atoms with Gasteiger partial charge in [0.1, 0.15) is 0 Å². The van der Waals surface area contributed by atoms with E-state index >= 15 is 0 Å². The third-order valence-corrected chi connectivity index (χ3v) is 10.9. The number of nitrogens with zero attached hydrogens (tertiary/aromatic N) is 2. The van der Waals surface area contributed by atoms with Crippen LogP contribution in [0, 0.1) is 0 Å². The molecule has 0 amide bonds. The molecular formula is C60H44N2. The van der Waals surface area contributed by atoms with Crippen molar-refractivity contribution in [2.75, 3.05) is 9.80 Å². The van der Waals surface area contributed by atoms with Crippen LogP contribution in [0.3, 0.4) is 0 Å². The Morgan fingerprint density at radius 3 is 0.613 bits per heavy atom. The van der Waals surface area contributed by atoms with Gasteiger partial charge in [-0.05, 0) is 128 Å². The molecule has 0 radical (unpaired) electrons. The molecule has 0 spiro atoms. The lowest BCUT2D eigenvalue weighted by molar-refractivity contribution is 1.28. The predicted molar refractivity (Wildman–Crippen MR) is 263 cm³/mol. The van der Waals surface area contributed by atoms with Gasteiger partial charge in [-0.25, -0.2) is 0 Å². The molecule has 10 aromatic rings. The maximum absolute atomic E-state index is 8.96. The molecule has 0 atom stereocenters. The largest absolute Gasteiger partial charge is 0.311 e. The van der Waals surface area contributed by atoms with Crippen LogP contribution in [0.2, 0.25) is 0 Å². The summed E-state index contributed by atoms with van der Waals surface area (Å²) < 4.78 is 86.6. The van der Waals surface area contributed by atoms with E-state index in [1.54, 1.807) is 9.80 Å². The van der Waals surface area contributed by atoms with E-state index in [2.05, 4.69) is 72.8 Å². The number of para-hydroxylation sites is 2. The van der Waals surface area contributed by atoms with Gasteiger partial charge in [-0.1, -0.05) is 194 Å². The fourth-order valence-electron chi connectivity index (χ4n) is 7.71. The normalized spacial score (nSPS) is 13.2. The van der Waals surface area contributed by atoms with Crippen molar-refractivity contribution in [2.45, 2.75) is 0 Å². The van der Waals surface area contributed by atoms with Crippen molar-refractivity contribution in [1.29, 1.82) is 0 Å². The highest BCUT2D eigenvalue weighted by Gasteiger charge is 2.15. The van der Waals surface area contributed by atoms with Crippen LogP contribution in [0.1, 0.15) is 13.7 Å². The molecule has 0 saturated heterocycles. The highest BCUT2D eigenvalue weighted by molar-refractivity contribution is 5.83. The van der Waals surface area contributed by atoms with Crippen molar-refractivity contribution in [1.82, 2.24) is 0 Å². The minimum absolute atomic E-state index is 0.0137. The van der Waals surface area contributed by atoms with Crippen LogP contribution in [0.15, 0.2) is 267 Å². The molecule has 10 rings (SSSR count). The monoisotopic (exact) mass is 802 g/mol. The first-order chi connectivity index (χ1) is 34.9. The van der Waals surface area contributed by atoms with Crippen LogP contribution >= 0.6 is 0 Å². The van der Waals surface area contributed by atoms with Crippen molar-refractivity contribution in [3.05, 3.63) is 267 Å². The van der Waals surface area contributed by atoms with Crippen molar-refractivity contribution in [3.63, 3.8) is 0 Å². The van der Waals surface area contributed by atoms with Crippen LogP contribution in [-0.4, -0.2) is 0 Å². The van der Waals surface area contributed by atoms with Gasteiger partial charge in [0.25, 0.3) is 0 Å². The van der Waals surface area contributed by atoms with Crippen molar-refractivity contribution >= 4 is 34.1 Å². The highest BCUT2D eigenvalue weighted by Crippen LogP contribution is 2.39. The molecule has 0 heterocycles. The number of hydrogen-bond donors (Lipinski definition) is 0. The van der Waals surface area contributed by atoms with E-state index in [1.165, 1.54) is 0 Å². The minimum Gasteiger partial charge on any atom is -0.311 e. The van der Waals surface area contributed by atoms with Crippen LogP contribution < -0.4 is 9.80 Å². The Morgan fingerprint density at radius 1 is 0.194 bits per heavy atom. The zero-order valence-corrected chi connectivity index (χ0v) is 33.5. The second kappa shape index (κ2) is 17.6. The summed E-state index contributed by atoms with van der Waals surface area (Å²) in [5.41, 5.74) is 12.3. The quantitative estimate of drug-likeness (QED) is 0.129.